The van der Waals surface area contributed by atoms with Crippen LogP contribution < -0.4 is 10.6 Å². The van der Waals surface area contributed by atoms with E-state index in [9.17, 15) is 4.79 Å². The first kappa shape index (κ1) is 18.7. The predicted molar refractivity (Wildman–Crippen MR) is 106 cm³/mol. The lowest BCUT2D eigenvalue weighted by Crippen LogP contribution is -2.21. The molecular weight excluding hydrogens is 366 g/mol. The Bertz CT molecular complexity index is 780. The Morgan fingerprint density at radius 2 is 2.08 bits per heavy atom. The molecule has 3 rings (SSSR count). The van der Waals surface area contributed by atoms with Crippen molar-refractivity contribution in [1.82, 2.24) is 10.2 Å². The van der Waals surface area contributed by atoms with E-state index in [4.69, 9.17) is 5.26 Å². The maximum Gasteiger partial charge on any atom is 0.225 e. The fourth-order valence-electron chi connectivity index (χ4n) is 2.88. The summed E-state index contributed by atoms with van der Waals surface area (Å²) < 4.78 is 0.869. The monoisotopic (exact) mass is 387 g/mol. The Balaban J connectivity index is 1.42. The summed E-state index contributed by atoms with van der Waals surface area (Å²) in [4.78, 5) is 12.1. The van der Waals surface area contributed by atoms with Gasteiger partial charge in [0.05, 0.1) is 11.3 Å². The van der Waals surface area contributed by atoms with Gasteiger partial charge in [-0.3, -0.25) is 4.79 Å². The summed E-state index contributed by atoms with van der Waals surface area (Å²) in [5, 5.41) is 24.6. The molecule has 26 heavy (non-hydrogen) atoms. The van der Waals surface area contributed by atoms with E-state index in [1.54, 1.807) is 35.6 Å². The first-order chi connectivity index (χ1) is 12.7. The molecule has 1 heterocycles. The van der Waals surface area contributed by atoms with Crippen LogP contribution >= 0.6 is 23.1 Å². The molecule has 0 radical (unpaired) electrons. The molecule has 1 aromatic carbocycles. The van der Waals surface area contributed by atoms with Crippen LogP contribution in [0, 0.1) is 11.3 Å². The standard InChI is InChI=1S/C18H21N5OS2/c19-12-13-6-4-5-9-15(13)21-16(24)10-11-25-18-23-22-17(26-18)20-14-7-2-1-3-8-14/h4-6,9,14H,1-3,7-8,10-11H2,(H,20,22)(H,21,24). The zero-order chi connectivity index (χ0) is 18.2. The summed E-state index contributed by atoms with van der Waals surface area (Å²) in [5.74, 6) is 0.517. The van der Waals surface area contributed by atoms with E-state index in [0.717, 1.165) is 9.47 Å². The van der Waals surface area contributed by atoms with E-state index in [1.807, 2.05) is 0 Å². The molecule has 136 valence electrons. The van der Waals surface area contributed by atoms with E-state index in [2.05, 4.69) is 26.9 Å². The number of thioether (sulfide) groups is 1. The summed E-state index contributed by atoms with van der Waals surface area (Å²) in [6, 6.07) is 9.59. The summed E-state index contributed by atoms with van der Waals surface area (Å²) in [6.45, 7) is 0. The molecule has 1 fully saturated rings. The van der Waals surface area contributed by atoms with Gasteiger partial charge in [0, 0.05) is 18.2 Å². The van der Waals surface area contributed by atoms with Crippen LogP contribution in [0.2, 0.25) is 0 Å². The number of carbonyl (C=O) groups excluding carboxylic acids is 1. The summed E-state index contributed by atoms with van der Waals surface area (Å²) >= 11 is 3.07. The number of rotatable bonds is 7. The highest BCUT2D eigenvalue weighted by Gasteiger charge is 2.15. The first-order valence-corrected chi connectivity index (χ1v) is 10.6. The number of hydrogen-bond donors (Lipinski definition) is 2. The molecule has 2 aromatic rings. The highest BCUT2D eigenvalue weighted by molar-refractivity contribution is 8.01. The number of hydrogen-bond acceptors (Lipinski definition) is 7. The minimum Gasteiger partial charge on any atom is -0.357 e. The molecule has 1 aromatic heterocycles. The smallest absolute Gasteiger partial charge is 0.225 e. The van der Waals surface area contributed by atoms with Gasteiger partial charge in [-0.2, -0.15) is 5.26 Å². The Hall–Kier alpha value is -2.11. The van der Waals surface area contributed by atoms with Crippen LogP contribution in [0.3, 0.4) is 0 Å². The third-order valence-electron chi connectivity index (χ3n) is 4.22. The molecule has 2 N–H and O–H groups in total. The van der Waals surface area contributed by atoms with Crippen LogP contribution in [0.25, 0.3) is 0 Å². The van der Waals surface area contributed by atoms with Gasteiger partial charge in [0.15, 0.2) is 4.34 Å². The maximum absolute atomic E-state index is 12.1. The van der Waals surface area contributed by atoms with Crippen molar-refractivity contribution >= 4 is 39.8 Å². The fourth-order valence-corrected chi connectivity index (χ4v) is 4.72. The van der Waals surface area contributed by atoms with Crippen molar-refractivity contribution in [3.8, 4) is 6.07 Å². The zero-order valence-electron chi connectivity index (χ0n) is 14.4. The van der Waals surface area contributed by atoms with Crippen molar-refractivity contribution in [1.29, 1.82) is 5.26 Å². The summed E-state index contributed by atoms with van der Waals surface area (Å²) in [7, 11) is 0. The van der Waals surface area contributed by atoms with Crippen molar-refractivity contribution in [2.24, 2.45) is 0 Å². The lowest BCUT2D eigenvalue weighted by Gasteiger charge is -2.21. The second-order valence-electron chi connectivity index (χ2n) is 6.16. The second kappa shape index (κ2) is 9.55. The van der Waals surface area contributed by atoms with Crippen molar-refractivity contribution in [3.63, 3.8) is 0 Å². The molecule has 0 atom stereocenters. The first-order valence-electron chi connectivity index (χ1n) is 8.76. The van der Waals surface area contributed by atoms with Gasteiger partial charge in [0.1, 0.15) is 6.07 Å². The molecule has 0 aliphatic heterocycles. The topological polar surface area (TPSA) is 90.7 Å². The number of nitriles is 1. The van der Waals surface area contributed by atoms with Crippen molar-refractivity contribution in [2.45, 2.75) is 48.9 Å². The Morgan fingerprint density at radius 1 is 1.27 bits per heavy atom. The minimum absolute atomic E-state index is 0.106. The fraction of sp³-hybridized carbons (Fsp3) is 0.444. The van der Waals surface area contributed by atoms with Crippen LogP contribution in [0.1, 0.15) is 44.1 Å². The van der Waals surface area contributed by atoms with Crippen LogP contribution in [0.5, 0.6) is 0 Å². The van der Waals surface area contributed by atoms with E-state index < -0.39 is 0 Å². The molecule has 1 saturated carbocycles. The second-order valence-corrected chi connectivity index (χ2v) is 8.48. The number of aromatic nitrogens is 2. The van der Waals surface area contributed by atoms with E-state index in [1.165, 1.54) is 43.9 Å². The van der Waals surface area contributed by atoms with E-state index in [0.29, 0.717) is 29.5 Å². The van der Waals surface area contributed by atoms with E-state index in [-0.39, 0.29) is 5.91 Å². The van der Waals surface area contributed by atoms with Crippen LogP contribution in [-0.4, -0.2) is 27.9 Å². The Kier molecular flexibility index (Phi) is 6.86. The molecule has 0 saturated heterocycles. The van der Waals surface area contributed by atoms with Crippen LogP contribution in [-0.2, 0) is 4.79 Å². The van der Waals surface area contributed by atoms with Crippen molar-refractivity contribution in [2.75, 3.05) is 16.4 Å². The van der Waals surface area contributed by atoms with Gasteiger partial charge in [-0.15, -0.1) is 10.2 Å². The molecule has 1 aliphatic rings. The van der Waals surface area contributed by atoms with Gasteiger partial charge in [0.2, 0.25) is 11.0 Å². The Morgan fingerprint density at radius 3 is 2.88 bits per heavy atom. The summed E-state index contributed by atoms with van der Waals surface area (Å²) in [6.07, 6.45) is 6.65. The predicted octanol–water partition coefficient (Wildman–Crippen LogP) is 4.28. The maximum atomic E-state index is 12.1. The van der Waals surface area contributed by atoms with Gasteiger partial charge < -0.3 is 10.6 Å². The number of amides is 1. The van der Waals surface area contributed by atoms with Crippen LogP contribution in [0.15, 0.2) is 28.6 Å². The van der Waals surface area contributed by atoms with Gasteiger partial charge in [0.25, 0.3) is 0 Å². The highest BCUT2D eigenvalue weighted by atomic mass is 32.2. The van der Waals surface area contributed by atoms with Crippen LogP contribution in [0.4, 0.5) is 10.8 Å². The molecule has 0 bridgehead atoms. The highest BCUT2D eigenvalue weighted by Crippen LogP contribution is 2.28. The number of carbonyl (C=O) groups is 1. The Labute approximate surface area is 161 Å². The molecule has 0 spiro atoms. The van der Waals surface area contributed by atoms with Gasteiger partial charge >= 0.3 is 0 Å². The number of nitrogens with zero attached hydrogens (tertiary/aromatic N) is 3. The van der Waals surface area contributed by atoms with Gasteiger partial charge in [-0.1, -0.05) is 54.5 Å². The summed E-state index contributed by atoms with van der Waals surface area (Å²) in [5.41, 5.74) is 1.02. The third-order valence-corrected chi connectivity index (χ3v) is 6.21. The molecule has 8 heteroatoms. The molecule has 6 nitrogen and oxygen atoms in total. The molecule has 0 unspecified atom stereocenters. The van der Waals surface area contributed by atoms with Gasteiger partial charge in [-0.25, -0.2) is 0 Å². The number of para-hydroxylation sites is 1. The lowest BCUT2D eigenvalue weighted by atomic mass is 9.96. The van der Waals surface area contributed by atoms with Gasteiger partial charge in [-0.05, 0) is 25.0 Å². The lowest BCUT2D eigenvalue weighted by molar-refractivity contribution is -0.115. The van der Waals surface area contributed by atoms with Crippen molar-refractivity contribution < 1.29 is 4.79 Å². The number of anilines is 2. The minimum atomic E-state index is -0.106. The number of benzene rings is 1. The third kappa shape index (κ3) is 5.44. The molecular formula is C18H21N5OS2. The molecule has 1 aliphatic carbocycles. The number of nitrogens with one attached hydrogen (secondary N) is 2. The average Bonchev–Trinajstić information content (AvgIpc) is 3.10. The van der Waals surface area contributed by atoms with E-state index >= 15 is 0 Å². The zero-order valence-corrected chi connectivity index (χ0v) is 16.0. The quantitative estimate of drug-likeness (QED) is 0.689. The molecule has 1 amide bonds. The van der Waals surface area contributed by atoms with Crippen molar-refractivity contribution in [3.05, 3.63) is 29.8 Å². The largest absolute Gasteiger partial charge is 0.357 e. The normalized spacial score (nSPS) is 14.6. The average molecular weight is 388 g/mol. The SMILES string of the molecule is N#Cc1ccccc1NC(=O)CCSc1nnc(NC2CCCCC2)s1.